The lowest BCUT2D eigenvalue weighted by atomic mass is 10.2. The van der Waals surface area contributed by atoms with Gasteiger partial charge in [0.05, 0.1) is 12.4 Å². The molecule has 0 aliphatic rings. The molecule has 2 rings (SSSR count). The van der Waals surface area contributed by atoms with Crippen LogP contribution in [-0.4, -0.2) is 24.2 Å². The highest BCUT2D eigenvalue weighted by Gasteiger charge is 2.04. The average Bonchev–Trinajstić information content (AvgIpc) is 2.65. The standard InChI is InChI=1S/C19H18F2N4O2/c20-16-8-4-14(5-9-16)12-22-24-18(26)2-1-3-19(27)25-23-13-15-6-10-17(21)11-7-15/h4-13H,1-3H2,(H,24,26)(H,25,27)/b22-12-,23-13-. The first-order chi connectivity index (χ1) is 13.0. The maximum atomic E-state index is 12.8. The quantitative estimate of drug-likeness (QED) is 0.552. The summed E-state index contributed by atoms with van der Waals surface area (Å²) in [6.07, 6.45) is 3.37. The Morgan fingerprint density at radius 3 is 1.48 bits per heavy atom. The average molecular weight is 372 g/mol. The van der Waals surface area contributed by atoms with E-state index in [1.807, 2.05) is 0 Å². The van der Waals surface area contributed by atoms with E-state index < -0.39 is 0 Å². The smallest absolute Gasteiger partial charge is 0.240 e. The van der Waals surface area contributed by atoms with Gasteiger partial charge in [-0.2, -0.15) is 10.2 Å². The molecule has 0 aliphatic heterocycles. The molecule has 0 fully saturated rings. The van der Waals surface area contributed by atoms with Crippen LogP contribution in [-0.2, 0) is 9.59 Å². The number of carbonyl (C=O) groups excluding carboxylic acids is 2. The van der Waals surface area contributed by atoms with E-state index in [2.05, 4.69) is 21.1 Å². The summed E-state index contributed by atoms with van der Waals surface area (Å²) in [5, 5.41) is 7.52. The normalized spacial score (nSPS) is 11.0. The summed E-state index contributed by atoms with van der Waals surface area (Å²) in [5.74, 6) is -1.38. The number of hydrogen-bond donors (Lipinski definition) is 2. The summed E-state index contributed by atoms with van der Waals surface area (Å²) >= 11 is 0. The van der Waals surface area contributed by atoms with E-state index in [1.54, 1.807) is 0 Å². The molecule has 140 valence electrons. The molecule has 0 aliphatic carbocycles. The van der Waals surface area contributed by atoms with Crippen LogP contribution in [0.15, 0.2) is 58.7 Å². The summed E-state index contributed by atoms with van der Waals surface area (Å²) in [6, 6.07) is 11.3. The highest BCUT2D eigenvalue weighted by atomic mass is 19.1. The number of halogens is 2. The Morgan fingerprint density at radius 1 is 0.741 bits per heavy atom. The molecule has 0 spiro atoms. The van der Waals surface area contributed by atoms with Crippen molar-refractivity contribution in [2.75, 3.05) is 0 Å². The Labute approximate surface area is 155 Å². The Morgan fingerprint density at radius 2 is 1.11 bits per heavy atom. The maximum Gasteiger partial charge on any atom is 0.240 e. The molecule has 2 amide bonds. The Kier molecular flexibility index (Phi) is 7.77. The van der Waals surface area contributed by atoms with Crippen molar-refractivity contribution in [2.24, 2.45) is 10.2 Å². The van der Waals surface area contributed by atoms with Crippen molar-refractivity contribution in [2.45, 2.75) is 19.3 Å². The molecule has 2 aromatic carbocycles. The Hall–Kier alpha value is -3.42. The third kappa shape index (κ3) is 8.00. The lowest BCUT2D eigenvalue weighted by Gasteiger charge is -2.00. The van der Waals surface area contributed by atoms with Gasteiger partial charge >= 0.3 is 0 Å². The second kappa shape index (κ2) is 10.5. The number of carbonyl (C=O) groups is 2. The monoisotopic (exact) mass is 372 g/mol. The van der Waals surface area contributed by atoms with Crippen molar-refractivity contribution in [3.05, 3.63) is 71.3 Å². The second-order valence-corrected chi connectivity index (χ2v) is 5.54. The highest BCUT2D eigenvalue weighted by Crippen LogP contribution is 2.01. The molecule has 0 radical (unpaired) electrons. The third-order valence-corrected chi connectivity index (χ3v) is 3.35. The van der Waals surface area contributed by atoms with Crippen molar-refractivity contribution in [1.82, 2.24) is 10.9 Å². The van der Waals surface area contributed by atoms with Gasteiger partial charge in [0.2, 0.25) is 11.8 Å². The van der Waals surface area contributed by atoms with Gasteiger partial charge in [-0.05, 0) is 41.8 Å². The van der Waals surface area contributed by atoms with E-state index in [9.17, 15) is 18.4 Å². The molecule has 6 nitrogen and oxygen atoms in total. The zero-order valence-electron chi connectivity index (χ0n) is 14.4. The first kappa shape index (κ1) is 19.9. The molecule has 0 unspecified atom stereocenters. The molecule has 0 bridgehead atoms. The van der Waals surface area contributed by atoms with Crippen molar-refractivity contribution < 1.29 is 18.4 Å². The molecule has 0 aromatic heterocycles. The van der Waals surface area contributed by atoms with Crippen LogP contribution in [0.4, 0.5) is 8.78 Å². The summed E-state index contributed by atoms with van der Waals surface area (Å²) in [7, 11) is 0. The molecule has 0 saturated carbocycles. The SMILES string of the molecule is O=C(CCCC(=O)N/N=C\c1ccc(F)cc1)N/N=C\c1ccc(F)cc1. The molecule has 27 heavy (non-hydrogen) atoms. The number of nitrogens with one attached hydrogen (secondary N) is 2. The van der Waals surface area contributed by atoms with Crippen LogP contribution < -0.4 is 10.9 Å². The largest absolute Gasteiger partial charge is 0.273 e. The Bertz CT molecular complexity index is 749. The lowest BCUT2D eigenvalue weighted by Crippen LogP contribution is -2.20. The van der Waals surface area contributed by atoms with Crippen LogP contribution in [0.3, 0.4) is 0 Å². The number of hydrogen-bond acceptors (Lipinski definition) is 4. The number of nitrogens with zero attached hydrogens (tertiary/aromatic N) is 2. The summed E-state index contributed by atoms with van der Waals surface area (Å²) in [6.45, 7) is 0. The van der Waals surface area contributed by atoms with Crippen molar-refractivity contribution in [3.8, 4) is 0 Å². The fourth-order valence-corrected chi connectivity index (χ4v) is 1.98. The van der Waals surface area contributed by atoms with Gasteiger partial charge < -0.3 is 0 Å². The summed E-state index contributed by atoms with van der Waals surface area (Å²) < 4.78 is 25.5. The molecule has 0 atom stereocenters. The molecule has 0 saturated heterocycles. The number of hydrazone groups is 2. The van der Waals surface area contributed by atoms with E-state index in [0.717, 1.165) is 0 Å². The summed E-state index contributed by atoms with van der Waals surface area (Å²) in [4.78, 5) is 23.2. The van der Waals surface area contributed by atoms with E-state index in [4.69, 9.17) is 0 Å². The second-order valence-electron chi connectivity index (χ2n) is 5.54. The van der Waals surface area contributed by atoms with E-state index >= 15 is 0 Å². The van der Waals surface area contributed by atoms with Gasteiger partial charge in [-0.3, -0.25) is 9.59 Å². The van der Waals surface area contributed by atoms with Crippen LogP contribution in [0, 0.1) is 11.6 Å². The zero-order chi connectivity index (χ0) is 19.5. The van der Waals surface area contributed by atoms with Gasteiger partial charge in [0.25, 0.3) is 0 Å². The van der Waals surface area contributed by atoms with Gasteiger partial charge in [-0.15, -0.1) is 0 Å². The van der Waals surface area contributed by atoms with Crippen molar-refractivity contribution in [1.29, 1.82) is 0 Å². The lowest BCUT2D eigenvalue weighted by molar-refractivity contribution is -0.122. The topological polar surface area (TPSA) is 82.9 Å². The third-order valence-electron chi connectivity index (χ3n) is 3.35. The predicted molar refractivity (Wildman–Crippen MR) is 98.1 cm³/mol. The van der Waals surface area contributed by atoms with E-state index in [1.165, 1.54) is 61.0 Å². The number of benzene rings is 2. The molecule has 0 heterocycles. The number of amides is 2. The molecule has 2 aromatic rings. The molecular formula is C19H18F2N4O2. The Balaban J connectivity index is 1.61. The first-order valence-electron chi connectivity index (χ1n) is 8.18. The minimum atomic E-state index is -0.350. The molecule has 2 N–H and O–H groups in total. The minimum absolute atomic E-state index is 0.121. The van der Waals surface area contributed by atoms with Gasteiger partial charge in [0.15, 0.2) is 0 Å². The maximum absolute atomic E-state index is 12.8. The highest BCUT2D eigenvalue weighted by molar-refractivity contribution is 5.83. The van der Waals surface area contributed by atoms with Gasteiger partial charge in [-0.1, -0.05) is 24.3 Å². The van der Waals surface area contributed by atoms with Crippen LogP contribution in [0.1, 0.15) is 30.4 Å². The van der Waals surface area contributed by atoms with Gasteiger partial charge in [0.1, 0.15) is 11.6 Å². The number of rotatable bonds is 8. The van der Waals surface area contributed by atoms with Crippen LogP contribution >= 0.6 is 0 Å². The summed E-state index contributed by atoms with van der Waals surface area (Å²) in [5.41, 5.74) is 5.96. The predicted octanol–water partition coefficient (Wildman–Crippen LogP) is 2.74. The van der Waals surface area contributed by atoms with E-state index in [0.29, 0.717) is 17.5 Å². The van der Waals surface area contributed by atoms with Crippen LogP contribution in [0.5, 0.6) is 0 Å². The van der Waals surface area contributed by atoms with Gasteiger partial charge in [0, 0.05) is 12.8 Å². The zero-order valence-corrected chi connectivity index (χ0v) is 14.4. The minimum Gasteiger partial charge on any atom is -0.273 e. The van der Waals surface area contributed by atoms with Crippen molar-refractivity contribution >= 4 is 24.2 Å². The van der Waals surface area contributed by atoms with Crippen molar-refractivity contribution in [3.63, 3.8) is 0 Å². The van der Waals surface area contributed by atoms with Crippen LogP contribution in [0.2, 0.25) is 0 Å². The van der Waals surface area contributed by atoms with Gasteiger partial charge in [-0.25, -0.2) is 19.6 Å². The fourth-order valence-electron chi connectivity index (χ4n) is 1.98. The van der Waals surface area contributed by atoms with Crippen LogP contribution in [0.25, 0.3) is 0 Å². The molecule has 8 heteroatoms. The van der Waals surface area contributed by atoms with E-state index in [-0.39, 0.29) is 36.3 Å². The molecular weight excluding hydrogens is 354 g/mol. The first-order valence-corrected chi connectivity index (χ1v) is 8.18. The fraction of sp³-hybridized carbons (Fsp3) is 0.158.